The van der Waals surface area contributed by atoms with Crippen molar-refractivity contribution in [2.75, 3.05) is 0 Å². The number of nitrogens with zero attached hydrogens (tertiary/aromatic N) is 2. The van der Waals surface area contributed by atoms with Crippen LogP contribution in [0.1, 0.15) is 28.0 Å². The molecule has 0 saturated heterocycles. The third-order valence-corrected chi connectivity index (χ3v) is 5.23. The van der Waals surface area contributed by atoms with E-state index in [1.54, 1.807) is 47.1 Å². The van der Waals surface area contributed by atoms with E-state index in [1.807, 2.05) is 0 Å². The summed E-state index contributed by atoms with van der Waals surface area (Å²) in [7, 11) is 0. The van der Waals surface area contributed by atoms with Crippen molar-refractivity contribution >= 4 is 11.9 Å². The smallest absolute Gasteiger partial charge is 0.335 e. The molecule has 8 heteroatoms. The van der Waals surface area contributed by atoms with Gasteiger partial charge in [0.25, 0.3) is 0 Å². The average molecular weight is 461 g/mol. The van der Waals surface area contributed by atoms with Gasteiger partial charge in [0.15, 0.2) is 0 Å². The van der Waals surface area contributed by atoms with Crippen LogP contribution in [0.4, 0.5) is 8.78 Å². The predicted molar refractivity (Wildman–Crippen MR) is 122 cm³/mol. The number of hydrogen-bond donors (Lipinski definition) is 2. The highest BCUT2D eigenvalue weighted by molar-refractivity contribution is 5.87. The van der Waals surface area contributed by atoms with Gasteiger partial charge in [0, 0.05) is 24.9 Å². The summed E-state index contributed by atoms with van der Waals surface area (Å²) in [6.07, 6.45) is 0.490. The molecule has 0 aliphatic carbocycles. The summed E-state index contributed by atoms with van der Waals surface area (Å²) < 4.78 is 28.8. The summed E-state index contributed by atoms with van der Waals surface area (Å²) in [5.74, 6) is -2.01. The van der Waals surface area contributed by atoms with Crippen LogP contribution in [0, 0.1) is 11.6 Å². The molecular weight excluding hydrogens is 440 g/mol. The molecule has 0 aliphatic heterocycles. The first kappa shape index (κ1) is 22.8. The van der Waals surface area contributed by atoms with Crippen LogP contribution in [0.25, 0.3) is 16.9 Å². The van der Waals surface area contributed by atoms with Crippen LogP contribution in [0.15, 0.2) is 78.9 Å². The lowest BCUT2D eigenvalue weighted by Crippen LogP contribution is -2.23. The Morgan fingerprint density at radius 3 is 2.29 bits per heavy atom. The van der Waals surface area contributed by atoms with Gasteiger partial charge in [0.2, 0.25) is 5.91 Å². The Morgan fingerprint density at radius 2 is 1.62 bits per heavy atom. The van der Waals surface area contributed by atoms with Gasteiger partial charge >= 0.3 is 5.97 Å². The Morgan fingerprint density at radius 1 is 0.912 bits per heavy atom. The summed E-state index contributed by atoms with van der Waals surface area (Å²) in [4.78, 5) is 23.5. The number of aryl methyl sites for hydroxylation is 1. The van der Waals surface area contributed by atoms with Crippen LogP contribution >= 0.6 is 0 Å². The Kier molecular flexibility index (Phi) is 6.77. The molecule has 0 spiro atoms. The maximum absolute atomic E-state index is 13.9. The van der Waals surface area contributed by atoms with Crippen molar-refractivity contribution in [1.82, 2.24) is 15.1 Å². The van der Waals surface area contributed by atoms with Gasteiger partial charge < -0.3 is 10.4 Å². The van der Waals surface area contributed by atoms with Crippen molar-refractivity contribution in [3.05, 3.63) is 107 Å². The van der Waals surface area contributed by atoms with Gasteiger partial charge in [0.1, 0.15) is 11.6 Å². The van der Waals surface area contributed by atoms with Crippen LogP contribution in [0.3, 0.4) is 0 Å². The molecule has 0 atom stereocenters. The van der Waals surface area contributed by atoms with Crippen molar-refractivity contribution in [2.45, 2.75) is 19.4 Å². The first-order chi connectivity index (χ1) is 16.4. The quantitative estimate of drug-likeness (QED) is 0.396. The standard InChI is InChI=1S/C26H21F2N3O3/c27-20-5-1-3-17(13-20)16-29-25(32)12-9-22-15-24(19-4-2-6-21(28)14-19)31(30-22)23-10-7-18(8-11-23)26(33)34/h1-8,10-11,13-15H,9,12,16H2,(H,29,32)(H,33,34). The number of hydrogen-bond acceptors (Lipinski definition) is 3. The summed E-state index contributed by atoms with van der Waals surface area (Å²) in [6, 6.07) is 20.0. The molecule has 4 aromatic rings. The van der Waals surface area contributed by atoms with E-state index in [0.29, 0.717) is 34.6 Å². The molecule has 4 rings (SSSR count). The van der Waals surface area contributed by atoms with E-state index in [2.05, 4.69) is 10.4 Å². The Bertz CT molecular complexity index is 1330. The van der Waals surface area contributed by atoms with Crippen LogP contribution in [-0.4, -0.2) is 26.8 Å². The number of carboxylic acids is 1. The van der Waals surface area contributed by atoms with E-state index in [-0.39, 0.29) is 30.3 Å². The molecule has 0 fully saturated rings. The van der Waals surface area contributed by atoms with Crippen molar-refractivity contribution in [1.29, 1.82) is 0 Å². The predicted octanol–water partition coefficient (Wildman–Crippen LogP) is 4.76. The molecule has 0 saturated carbocycles. The van der Waals surface area contributed by atoms with Crippen LogP contribution in [0.5, 0.6) is 0 Å². The highest BCUT2D eigenvalue weighted by Crippen LogP contribution is 2.25. The molecule has 1 aromatic heterocycles. The highest BCUT2D eigenvalue weighted by Gasteiger charge is 2.14. The average Bonchev–Trinajstić information content (AvgIpc) is 3.26. The number of carbonyl (C=O) groups excluding carboxylic acids is 1. The van der Waals surface area contributed by atoms with Crippen molar-refractivity contribution in [3.63, 3.8) is 0 Å². The Labute approximate surface area is 194 Å². The molecule has 2 N–H and O–H groups in total. The summed E-state index contributed by atoms with van der Waals surface area (Å²) in [6.45, 7) is 0.218. The number of aromatic carboxylic acids is 1. The molecule has 0 unspecified atom stereocenters. The lowest BCUT2D eigenvalue weighted by molar-refractivity contribution is -0.121. The van der Waals surface area contributed by atoms with Gasteiger partial charge in [-0.1, -0.05) is 24.3 Å². The van der Waals surface area contributed by atoms with E-state index in [1.165, 1.54) is 36.4 Å². The molecule has 0 radical (unpaired) electrons. The third-order valence-electron chi connectivity index (χ3n) is 5.23. The van der Waals surface area contributed by atoms with Gasteiger partial charge in [-0.15, -0.1) is 0 Å². The van der Waals surface area contributed by atoms with Crippen molar-refractivity contribution < 1.29 is 23.5 Å². The molecule has 0 aliphatic rings. The monoisotopic (exact) mass is 461 g/mol. The maximum Gasteiger partial charge on any atom is 0.335 e. The minimum Gasteiger partial charge on any atom is -0.478 e. The van der Waals surface area contributed by atoms with Crippen LogP contribution in [-0.2, 0) is 17.8 Å². The van der Waals surface area contributed by atoms with E-state index in [4.69, 9.17) is 5.11 Å². The zero-order valence-corrected chi connectivity index (χ0v) is 18.0. The largest absolute Gasteiger partial charge is 0.478 e. The second kappa shape index (κ2) is 10.1. The topological polar surface area (TPSA) is 84.2 Å². The number of halogens is 2. The summed E-state index contributed by atoms with van der Waals surface area (Å²) in [5.41, 5.74) is 3.22. The van der Waals surface area contributed by atoms with Gasteiger partial charge in [-0.2, -0.15) is 5.10 Å². The zero-order valence-electron chi connectivity index (χ0n) is 18.0. The molecule has 34 heavy (non-hydrogen) atoms. The number of nitrogens with one attached hydrogen (secondary N) is 1. The fraction of sp³-hybridized carbons (Fsp3) is 0.115. The summed E-state index contributed by atoms with van der Waals surface area (Å²) >= 11 is 0. The first-order valence-electron chi connectivity index (χ1n) is 10.6. The Balaban J connectivity index is 1.53. The molecule has 1 heterocycles. The van der Waals surface area contributed by atoms with E-state index in [0.717, 1.165) is 0 Å². The van der Waals surface area contributed by atoms with Gasteiger partial charge in [-0.25, -0.2) is 18.3 Å². The SMILES string of the molecule is O=C(CCc1cc(-c2cccc(F)c2)n(-c2ccc(C(=O)O)cc2)n1)NCc1cccc(F)c1. The molecule has 6 nitrogen and oxygen atoms in total. The minimum absolute atomic E-state index is 0.137. The Hall–Kier alpha value is -4.33. The second-order valence-electron chi connectivity index (χ2n) is 7.70. The molecule has 0 bridgehead atoms. The van der Waals surface area contributed by atoms with Crippen molar-refractivity contribution in [2.24, 2.45) is 0 Å². The molecule has 1 amide bonds. The molecule has 3 aromatic carbocycles. The number of carbonyl (C=O) groups is 2. The van der Waals surface area contributed by atoms with Crippen LogP contribution in [0.2, 0.25) is 0 Å². The third kappa shape index (κ3) is 5.53. The lowest BCUT2D eigenvalue weighted by Gasteiger charge is -2.08. The van der Waals surface area contributed by atoms with Crippen LogP contribution < -0.4 is 5.32 Å². The van der Waals surface area contributed by atoms with Crippen molar-refractivity contribution in [3.8, 4) is 16.9 Å². The number of amides is 1. The zero-order chi connectivity index (χ0) is 24.1. The second-order valence-corrected chi connectivity index (χ2v) is 7.70. The minimum atomic E-state index is -1.04. The highest BCUT2D eigenvalue weighted by atomic mass is 19.1. The normalized spacial score (nSPS) is 10.8. The van der Waals surface area contributed by atoms with Gasteiger partial charge in [0.05, 0.1) is 22.6 Å². The molecule has 172 valence electrons. The number of rotatable bonds is 8. The van der Waals surface area contributed by atoms with E-state index >= 15 is 0 Å². The number of carboxylic acid groups (broad SMARTS) is 1. The number of benzene rings is 3. The number of aromatic nitrogens is 2. The van der Waals surface area contributed by atoms with E-state index in [9.17, 15) is 18.4 Å². The fourth-order valence-electron chi connectivity index (χ4n) is 3.53. The molecular formula is C26H21F2N3O3. The maximum atomic E-state index is 13.9. The fourth-order valence-corrected chi connectivity index (χ4v) is 3.53. The van der Waals surface area contributed by atoms with Gasteiger partial charge in [-0.3, -0.25) is 4.79 Å². The van der Waals surface area contributed by atoms with E-state index < -0.39 is 11.8 Å². The van der Waals surface area contributed by atoms with Gasteiger partial charge in [-0.05, 0) is 60.2 Å². The summed E-state index contributed by atoms with van der Waals surface area (Å²) in [5, 5.41) is 16.5. The first-order valence-corrected chi connectivity index (χ1v) is 10.6. The lowest BCUT2D eigenvalue weighted by atomic mass is 10.1.